The summed E-state index contributed by atoms with van der Waals surface area (Å²) in [6.07, 6.45) is 0. The second-order valence-corrected chi connectivity index (χ2v) is 7.78. The molecular weight excluding hydrogens is 346 g/mol. The van der Waals surface area contributed by atoms with E-state index in [1.165, 1.54) is 6.07 Å². The number of carbonyl (C=O) groups is 1. The van der Waals surface area contributed by atoms with Crippen LogP contribution in [0.15, 0.2) is 27.6 Å². The van der Waals surface area contributed by atoms with Gasteiger partial charge in [-0.25, -0.2) is 8.42 Å². The second-order valence-electron chi connectivity index (χ2n) is 5.02. The SMILES string of the molecule is Cc1ccc(S(=O)(=O)N(CC(=O)O)CC(C)C)c(Br)c1. The summed E-state index contributed by atoms with van der Waals surface area (Å²) in [5.41, 5.74) is 0.921. The van der Waals surface area contributed by atoms with Crippen molar-refractivity contribution in [3.63, 3.8) is 0 Å². The smallest absolute Gasteiger partial charge is 0.318 e. The van der Waals surface area contributed by atoms with Gasteiger partial charge in [0.15, 0.2) is 0 Å². The first-order valence-electron chi connectivity index (χ1n) is 6.12. The number of sulfonamides is 1. The molecule has 0 atom stereocenters. The normalized spacial score (nSPS) is 12.1. The average Bonchev–Trinajstić information content (AvgIpc) is 2.26. The Kier molecular flexibility index (Phi) is 5.73. The van der Waals surface area contributed by atoms with Gasteiger partial charge in [-0.3, -0.25) is 4.79 Å². The summed E-state index contributed by atoms with van der Waals surface area (Å²) in [6.45, 7) is 5.16. The number of carboxylic acids is 1. The standard InChI is InChI=1S/C13H18BrNO4S/c1-9(2)7-15(8-13(16)17)20(18,19)12-5-4-10(3)6-11(12)14/h4-6,9H,7-8H2,1-3H3,(H,16,17). The molecule has 7 heteroatoms. The molecule has 112 valence electrons. The average molecular weight is 364 g/mol. The van der Waals surface area contributed by atoms with Gasteiger partial charge >= 0.3 is 5.97 Å². The Bertz CT molecular complexity index is 598. The number of hydrogen-bond donors (Lipinski definition) is 1. The first-order chi connectivity index (χ1) is 9.14. The van der Waals surface area contributed by atoms with Crippen LogP contribution in [0.25, 0.3) is 0 Å². The van der Waals surface area contributed by atoms with Crippen molar-refractivity contribution in [3.05, 3.63) is 28.2 Å². The second kappa shape index (κ2) is 6.69. The van der Waals surface area contributed by atoms with Crippen molar-refractivity contribution in [2.24, 2.45) is 5.92 Å². The zero-order valence-electron chi connectivity index (χ0n) is 11.6. The van der Waals surface area contributed by atoms with Crippen molar-refractivity contribution in [1.82, 2.24) is 4.31 Å². The fourth-order valence-corrected chi connectivity index (χ4v) is 4.47. The maximum atomic E-state index is 12.6. The molecule has 0 fully saturated rings. The third kappa shape index (κ3) is 4.29. The molecule has 0 aromatic heterocycles. The van der Waals surface area contributed by atoms with Crippen LogP contribution in [0.4, 0.5) is 0 Å². The molecule has 0 radical (unpaired) electrons. The van der Waals surface area contributed by atoms with Crippen LogP contribution in [-0.2, 0) is 14.8 Å². The summed E-state index contributed by atoms with van der Waals surface area (Å²) < 4.78 is 26.6. The lowest BCUT2D eigenvalue weighted by atomic mass is 10.2. The van der Waals surface area contributed by atoms with Crippen molar-refractivity contribution in [3.8, 4) is 0 Å². The quantitative estimate of drug-likeness (QED) is 0.842. The van der Waals surface area contributed by atoms with Crippen LogP contribution in [0.1, 0.15) is 19.4 Å². The monoisotopic (exact) mass is 363 g/mol. The minimum atomic E-state index is -3.83. The molecule has 1 rings (SSSR count). The molecule has 0 saturated heterocycles. The van der Waals surface area contributed by atoms with Gasteiger partial charge in [0.1, 0.15) is 6.54 Å². The molecule has 0 aliphatic rings. The van der Waals surface area contributed by atoms with E-state index in [4.69, 9.17) is 5.11 Å². The molecule has 0 saturated carbocycles. The van der Waals surface area contributed by atoms with E-state index in [1.54, 1.807) is 12.1 Å². The van der Waals surface area contributed by atoms with E-state index >= 15 is 0 Å². The number of halogens is 1. The lowest BCUT2D eigenvalue weighted by Crippen LogP contribution is -2.38. The summed E-state index contributed by atoms with van der Waals surface area (Å²) in [6, 6.07) is 4.87. The number of benzene rings is 1. The molecule has 0 aliphatic heterocycles. The van der Waals surface area contributed by atoms with Crippen molar-refractivity contribution in [2.75, 3.05) is 13.1 Å². The van der Waals surface area contributed by atoms with Gasteiger partial charge in [-0.05, 0) is 46.5 Å². The highest BCUT2D eigenvalue weighted by atomic mass is 79.9. The Morgan fingerprint density at radius 2 is 2.00 bits per heavy atom. The van der Waals surface area contributed by atoms with Crippen LogP contribution in [-0.4, -0.2) is 36.9 Å². The van der Waals surface area contributed by atoms with Gasteiger partial charge in [0.05, 0.1) is 4.90 Å². The Morgan fingerprint density at radius 1 is 1.40 bits per heavy atom. The third-order valence-electron chi connectivity index (χ3n) is 2.59. The van der Waals surface area contributed by atoms with Crippen LogP contribution >= 0.6 is 15.9 Å². The number of rotatable bonds is 6. The fraction of sp³-hybridized carbons (Fsp3) is 0.462. The first-order valence-corrected chi connectivity index (χ1v) is 8.36. The predicted molar refractivity (Wildman–Crippen MR) is 80.1 cm³/mol. The van der Waals surface area contributed by atoms with Gasteiger partial charge in [0.25, 0.3) is 0 Å². The Labute approximate surface area is 127 Å². The molecule has 0 amide bonds. The van der Waals surface area contributed by atoms with Crippen molar-refractivity contribution < 1.29 is 18.3 Å². The third-order valence-corrected chi connectivity index (χ3v) is 5.37. The zero-order chi connectivity index (χ0) is 15.5. The van der Waals surface area contributed by atoms with Crippen molar-refractivity contribution >= 4 is 31.9 Å². The number of hydrogen-bond acceptors (Lipinski definition) is 3. The van der Waals surface area contributed by atoms with Crippen molar-refractivity contribution in [2.45, 2.75) is 25.7 Å². The first kappa shape index (κ1) is 17.1. The lowest BCUT2D eigenvalue weighted by molar-refractivity contribution is -0.137. The topological polar surface area (TPSA) is 74.7 Å². The minimum absolute atomic E-state index is 0.0355. The van der Waals surface area contributed by atoms with Gasteiger partial charge in [-0.1, -0.05) is 19.9 Å². The summed E-state index contributed by atoms with van der Waals surface area (Å²) >= 11 is 3.23. The van der Waals surface area contributed by atoms with E-state index in [0.29, 0.717) is 4.47 Å². The summed E-state index contributed by atoms with van der Waals surface area (Å²) in [5, 5.41) is 8.90. The molecule has 5 nitrogen and oxygen atoms in total. The van der Waals surface area contributed by atoms with Crippen LogP contribution in [0.2, 0.25) is 0 Å². The maximum absolute atomic E-state index is 12.6. The predicted octanol–water partition coefficient (Wildman–Crippen LogP) is 2.49. The van der Waals surface area contributed by atoms with Gasteiger partial charge in [-0.15, -0.1) is 0 Å². The van der Waals surface area contributed by atoms with Gasteiger partial charge in [-0.2, -0.15) is 4.31 Å². The van der Waals surface area contributed by atoms with Gasteiger partial charge in [0.2, 0.25) is 10.0 Å². The molecule has 0 unspecified atom stereocenters. The molecule has 0 spiro atoms. The summed E-state index contributed by atoms with van der Waals surface area (Å²) in [5.74, 6) is -1.13. The van der Waals surface area contributed by atoms with Crippen LogP contribution < -0.4 is 0 Å². The highest BCUT2D eigenvalue weighted by Crippen LogP contribution is 2.26. The van der Waals surface area contributed by atoms with Crippen LogP contribution in [0, 0.1) is 12.8 Å². The van der Waals surface area contributed by atoms with E-state index in [0.717, 1.165) is 9.87 Å². The summed E-state index contributed by atoms with van der Waals surface area (Å²) in [7, 11) is -3.83. The molecule has 0 aliphatic carbocycles. The Balaban J connectivity index is 3.24. The fourth-order valence-electron chi connectivity index (χ4n) is 1.76. The lowest BCUT2D eigenvalue weighted by Gasteiger charge is -2.22. The molecule has 0 heterocycles. The molecule has 20 heavy (non-hydrogen) atoms. The summed E-state index contributed by atoms with van der Waals surface area (Å²) in [4.78, 5) is 11.0. The number of carboxylic acid groups (broad SMARTS) is 1. The van der Waals surface area contributed by atoms with Crippen LogP contribution in [0.5, 0.6) is 0 Å². The van der Waals surface area contributed by atoms with Crippen LogP contribution in [0.3, 0.4) is 0 Å². The van der Waals surface area contributed by atoms with E-state index < -0.39 is 22.5 Å². The van der Waals surface area contributed by atoms with E-state index in [1.807, 2.05) is 20.8 Å². The molecule has 1 N–H and O–H groups in total. The molecule has 1 aromatic carbocycles. The largest absolute Gasteiger partial charge is 0.480 e. The Morgan fingerprint density at radius 3 is 2.45 bits per heavy atom. The maximum Gasteiger partial charge on any atom is 0.318 e. The molecule has 0 bridgehead atoms. The minimum Gasteiger partial charge on any atom is -0.480 e. The zero-order valence-corrected chi connectivity index (χ0v) is 14.0. The van der Waals surface area contributed by atoms with Crippen molar-refractivity contribution in [1.29, 1.82) is 0 Å². The van der Waals surface area contributed by atoms with E-state index in [9.17, 15) is 13.2 Å². The highest BCUT2D eigenvalue weighted by molar-refractivity contribution is 9.10. The highest BCUT2D eigenvalue weighted by Gasteiger charge is 2.28. The molecule has 1 aromatic rings. The number of aliphatic carboxylic acids is 1. The number of aryl methyl sites for hydroxylation is 1. The van der Waals surface area contributed by atoms with Gasteiger partial charge in [0, 0.05) is 11.0 Å². The van der Waals surface area contributed by atoms with Gasteiger partial charge < -0.3 is 5.11 Å². The van der Waals surface area contributed by atoms with E-state index in [2.05, 4.69) is 15.9 Å². The molecular formula is C13H18BrNO4S. The van der Waals surface area contributed by atoms with E-state index in [-0.39, 0.29) is 17.4 Å². The Hall–Kier alpha value is -0.920. The number of nitrogens with zero attached hydrogens (tertiary/aromatic N) is 1.